The zero-order valence-corrected chi connectivity index (χ0v) is 18.7. The summed E-state index contributed by atoms with van der Waals surface area (Å²) in [7, 11) is 3.98. The fraction of sp³-hybridized carbons (Fsp3) is 0.409. The normalized spacial score (nSPS) is 15.8. The van der Waals surface area contributed by atoms with Crippen molar-refractivity contribution in [2.45, 2.75) is 39.0 Å². The van der Waals surface area contributed by atoms with E-state index in [9.17, 15) is 4.79 Å². The number of carbonyl (C=O) groups excluding carboxylic acids is 1. The van der Waals surface area contributed by atoms with E-state index in [1.54, 1.807) is 11.8 Å². The van der Waals surface area contributed by atoms with E-state index in [1.807, 2.05) is 25.6 Å². The number of allylic oxidation sites excluding steroid dienone is 2. The Kier molecular flexibility index (Phi) is 8.99. The first-order chi connectivity index (χ1) is 14.0. The fourth-order valence-corrected chi connectivity index (χ4v) is 3.64. The number of anilines is 1. The molecular formula is C22H31N5OS. The molecule has 0 amide bonds. The zero-order valence-electron chi connectivity index (χ0n) is 17.9. The van der Waals surface area contributed by atoms with Crippen molar-refractivity contribution in [2.75, 3.05) is 26.0 Å². The minimum absolute atomic E-state index is 0.371. The first kappa shape index (κ1) is 22.7. The number of hydrogen-bond acceptors (Lipinski definition) is 7. The van der Waals surface area contributed by atoms with Crippen LogP contribution in [-0.2, 0) is 4.79 Å². The van der Waals surface area contributed by atoms with Gasteiger partial charge >= 0.3 is 0 Å². The summed E-state index contributed by atoms with van der Waals surface area (Å²) >= 11 is 1.63. The molecule has 0 saturated heterocycles. The number of carbonyl (C=O) groups is 1. The molecule has 7 heteroatoms. The van der Waals surface area contributed by atoms with Gasteiger partial charge in [0.05, 0.1) is 16.6 Å². The Hall–Kier alpha value is -2.54. The number of nitrogens with zero attached hydrogens (tertiary/aromatic N) is 3. The molecule has 0 bridgehead atoms. The summed E-state index contributed by atoms with van der Waals surface area (Å²) < 4.78 is 0. The van der Waals surface area contributed by atoms with E-state index in [2.05, 4.69) is 70.7 Å². The molecule has 0 saturated carbocycles. The van der Waals surface area contributed by atoms with Crippen LogP contribution in [0.3, 0.4) is 0 Å². The molecule has 1 atom stereocenters. The van der Waals surface area contributed by atoms with Gasteiger partial charge in [0.2, 0.25) is 5.95 Å². The quantitative estimate of drug-likeness (QED) is 0.649. The van der Waals surface area contributed by atoms with Gasteiger partial charge in [-0.3, -0.25) is 4.79 Å². The lowest BCUT2D eigenvalue weighted by molar-refractivity contribution is -0.105. The van der Waals surface area contributed by atoms with Gasteiger partial charge in [-0.2, -0.15) is 0 Å². The summed E-state index contributed by atoms with van der Waals surface area (Å²) in [6.45, 7) is 7.38. The molecule has 0 spiro atoms. The number of aromatic nitrogens is 2. The van der Waals surface area contributed by atoms with Crippen LogP contribution in [0.4, 0.5) is 5.95 Å². The van der Waals surface area contributed by atoms with E-state index < -0.39 is 0 Å². The van der Waals surface area contributed by atoms with Gasteiger partial charge in [-0.1, -0.05) is 31.6 Å². The highest BCUT2D eigenvalue weighted by Gasteiger charge is 2.09. The topological polar surface area (TPSA) is 70.2 Å². The van der Waals surface area contributed by atoms with Gasteiger partial charge in [0, 0.05) is 37.9 Å². The molecule has 1 aromatic heterocycles. The average molecular weight is 414 g/mol. The van der Waals surface area contributed by atoms with Crippen molar-refractivity contribution in [3.05, 3.63) is 47.1 Å². The molecule has 156 valence electrons. The van der Waals surface area contributed by atoms with Crippen molar-refractivity contribution < 1.29 is 4.79 Å². The largest absolute Gasteiger partial charge is 0.374 e. The van der Waals surface area contributed by atoms with E-state index in [1.165, 1.54) is 24.1 Å². The molecule has 0 fully saturated rings. The maximum absolute atomic E-state index is 10.0. The second kappa shape index (κ2) is 11.5. The molecule has 1 aliphatic heterocycles. The van der Waals surface area contributed by atoms with E-state index >= 15 is 0 Å². The first-order valence-corrected chi connectivity index (χ1v) is 10.9. The van der Waals surface area contributed by atoms with Crippen LogP contribution in [0.5, 0.6) is 0 Å². The van der Waals surface area contributed by atoms with Crippen molar-refractivity contribution in [2.24, 2.45) is 0 Å². The average Bonchev–Trinajstić information content (AvgIpc) is 3.18. The summed E-state index contributed by atoms with van der Waals surface area (Å²) in [4.78, 5) is 21.1. The highest BCUT2D eigenvalue weighted by Crippen LogP contribution is 2.23. The number of unbranched alkanes of at least 4 members (excludes halogenated alkanes) is 1. The van der Waals surface area contributed by atoms with Gasteiger partial charge in [0.15, 0.2) is 6.29 Å². The molecule has 1 aliphatic rings. The maximum Gasteiger partial charge on any atom is 0.222 e. The molecule has 29 heavy (non-hydrogen) atoms. The molecule has 0 aliphatic carbocycles. The minimum Gasteiger partial charge on any atom is -0.374 e. The zero-order chi connectivity index (χ0) is 21.2. The van der Waals surface area contributed by atoms with Crippen LogP contribution < -0.4 is 10.6 Å². The SMILES string of the molecule is C/C=C(/c1ccc2cnc(NC)nc2c1)N(C)CCCC.CC1NC(C=O)=CS1. The highest BCUT2D eigenvalue weighted by atomic mass is 32.2. The van der Waals surface area contributed by atoms with Crippen LogP contribution in [0.1, 0.15) is 39.2 Å². The Balaban J connectivity index is 0.000000313. The van der Waals surface area contributed by atoms with Crippen LogP contribution in [0, 0.1) is 0 Å². The summed E-state index contributed by atoms with van der Waals surface area (Å²) in [6, 6.07) is 6.36. The fourth-order valence-electron chi connectivity index (χ4n) is 2.97. The van der Waals surface area contributed by atoms with Crippen LogP contribution in [0.15, 0.2) is 41.6 Å². The minimum atomic E-state index is 0.371. The Morgan fingerprint density at radius 3 is 2.76 bits per heavy atom. The van der Waals surface area contributed by atoms with E-state index in [4.69, 9.17) is 0 Å². The molecular weight excluding hydrogens is 382 g/mol. The van der Waals surface area contributed by atoms with E-state index in [0.717, 1.165) is 23.7 Å². The highest BCUT2D eigenvalue weighted by molar-refractivity contribution is 8.02. The van der Waals surface area contributed by atoms with E-state index in [-0.39, 0.29) is 0 Å². The summed E-state index contributed by atoms with van der Waals surface area (Å²) in [5, 5.41) is 9.21. The van der Waals surface area contributed by atoms with Crippen molar-refractivity contribution in [3.63, 3.8) is 0 Å². The molecule has 1 unspecified atom stereocenters. The van der Waals surface area contributed by atoms with Gasteiger partial charge in [0.1, 0.15) is 0 Å². The number of fused-ring (bicyclic) bond motifs is 1. The van der Waals surface area contributed by atoms with Crippen molar-refractivity contribution >= 4 is 40.6 Å². The molecule has 6 nitrogen and oxygen atoms in total. The number of rotatable bonds is 7. The van der Waals surface area contributed by atoms with Crippen molar-refractivity contribution in [1.82, 2.24) is 20.2 Å². The second-order valence-corrected chi connectivity index (χ2v) is 7.99. The number of hydrogen-bond donors (Lipinski definition) is 2. The van der Waals surface area contributed by atoms with E-state index in [0.29, 0.717) is 17.0 Å². The summed E-state index contributed by atoms with van der Waals surface area (Å²) in [6.07, 6.45) is 7.26. The molecule has 2 heterocycles. The lowest BCUT2D eigenvalue weighted by Gasteiger charge is -2.23. The molecule has 2 N–H and O–H groups in total. The third-order valence-electron chi connectivity index (χ3n) is 4.53. The monoisotopic (exact) mass is 413 g/mol. The Morgan fingerprint density at radius 2 is 2.21 bits per heavy atom. The van der Waals surface area contributed by atoms with Crippen LogP contribution in [0.2, 0.25) is 0 Å². The smallest absolute Gasteiger partial charge is 0.222 e. The Bertz CT molecular complexity index is 881. The number of thioether (sulfide) groups is 1. The summed E-state index contributed by atoms with van der Waals surface area (Å²) in [5.74, 6) is 0.654. The maximum atomic E-state index is 10.0. The van der Waals surface area contributed by atoms with Gasteiger partial charge in [-0.15, -0.1) is 11.8 Å². The lowest BCUT2D eigenvalue weighted by Crippen LogP contribution is -2.18. The van der Waals surface area contributed by atoms with Crippen LogP contribution >= 0.6 is 11.8 Å². The number of aldehydes is 1. The van der Waals surface area contributed by atoms with Gasteiger partial charge in [-0.25, -0.2) is 9.97 Å². The molecule has 3 rings (SSSR count). The second-order valence-electron chi connectivity index (χ2n) is 6.78. The molecule has 1 aromatic carbocycles. The van der Waals surface area contributed by atoms with Gasteiger partial charge < -0.3 is 15.5 Å². The molecule has 2 aromatic rings. The third-order valence-corrected chi connectivity index (χ3v) is 5.45. The van der Waals surface area contributed by atoms with Crippen molar-refractivity contribution in [3.8, 4) is 0 Å². The van der Waals surface area contributed by atoms with Gasteiger partial charge in [-0.05, 0) is 37.3 Å². The molecule has 0 radical (unpaired) electrons. The number of benzene rings is 1. The van der Waals surface area contributed by atoms with Crippen LogP contribution in [-0.4, -0.2) is 47.2 Å². The lowest BCUT2D eigenvalue weighted by atomic mass is 10.1. The van der Waals surface area contributed by atoms with Gasteiger partial charge in [0.25, 0.3) is 0 Å². The third kappa shape index (κ3) is 6.49. The van der Waals surface area contributed by atoms with Crippen LogP contribution in [0.25, 0.3) is 16.6 Å². The Labute approximate surface area is 177 Å². The summed E-state index contributed by atoms with van der Waals surface area (Å²) in [5.41, 5.74) is 4.11. The standard InChI is InChI=1S/C17H24N4.C5H7NOS/c1-5-7-10-21(4)16(6-2)13-8-9-14-12-19-17(18-3)20-15(14)11-13;1-4-6-5(2-7)3-8-4/h6,8-9,11-12H,5,7,10H2,1-4H3,(H,18,19,20);2-4,6H,1H3/b16-6-;. The number of nitrogens with one attached hydrogen (secondary N) is 2. The predicted octanol–water partition coefficient (Wildman–Crippen LogP) is 4.47. The van der Waals surface area contributed by atoms with Crippen molar-refractivity contribution in [1.29, 1.82) is 0 Å². The Morgan fingerprint density at radius 1 is 1.41 bits per heavy atom. The predicted molar refractivity (Wildman–Crippen MR) is 125 cm³/mol. The first-order valence-electron chi connectivity index (χ1n) is 9.92.